The van der Waals surface area contributed by atoms with Crippen molar-refractivity contribution in [2.24, 2.45) is 0 Å². The van der Waals surface area contributed by atoms with Crippen LogP contribution in [0.4, 0.5) is 0 Å². The van der Waals surface area contributed by atoms with Gasteiger partial charge < -0.3 is 4.90 Å². The Labute approximate surface area is 58.0 Å². The summed E-state index contributed by atoms with van der Waals surface area (Å²) in [4.78, 5) is 11.7. The lowest BCUT2D eigenvalue weighted by Crippen LogP contribution is -2.23. The van der Waals surface area contributed by atoms with E-state index >= 15 is 0 Å². The zero-order valence-electron chi connectivity index (χ0n) is 4.93. The highest BCUT2D eigenvalue weighted by molar-refractivity contribution is 9.09. The number of alkyl halides is 1. The zero-order chi connectivity index (χ0) is 6.41. The van der Waals surface area contributed by atoms with E-state index in [1.165, 1.54) is 0 Å². The molecule has 0 aromatic rings. The number of nitrogens with zero attached hydrogens (tertiary/aromatic N) is 1. The van der Waals surface area contributed by atoms with Crippen molar-refractivity contribution >= 4 is 22.3 Å². The van der Waals surface area contributed by atoms with E-state index in [1.54, 1.807) is 4.90 Å². The summed E-state index contributed by atoms with van der Waals surface area (Å²) in [6, 6.07) is 0. The second kappa shape index (κ2) is 5.09. The van der Waals surface area contributed by atoms with Crippen LogP contribution in [-0.4, -0.2) is 29.7 Å². The predicted octanol–water partition coefficient (Wildman–Crippen LogP) is 0.860. The van der Waals surface area contributed by atoms with Crippen LogP contribution in [0.15, 0.2) is 0 Å². The molecule has 0 atom stereocenters. The van der Waals surface area contributed by atoms with Crippen LogP contribution in [0.25, 0.3) is 0 Å². The van der Waals surface area contributed by atoms with E-state index in [4.69, 9.17) is 0 Å². The number of halogens is 1. The average Bonchev–Trinajstić information content (AvgIpc) is 1.83. The summed E-state index contributed by atoms with van der Waals surface area (Å²) in [5.74, 6) is 0. The summed E-state index contributed by atoms with van der Waals surface area (Å²) in [5.41, 5.74) is 0. The standard InChI is InChI=1S/C5H10BrNO/c1-2-7(5-8)4-3-6/h5H,2-4H2,1H3. The SMILES string of the molecule is CCN(C=O)CCBr. The molecule has 0 fully saturated rings. The summed E-state index contributed by atoms with van der Waals surface area (Å²) in [7, 11) is 0. The van der Waals surface area contributed by atoms with E-state index in [1.807, 2.05) is 6.92 Å². The van der Waals surface area contributed by atoms with Gasteiger partial charge in [0.1, 0.15) is 0 Å². The summed E-state index contributed by atoms with van der Waals surface area (Å²) >= 11 is 3.23. The fourth-order valence-electron chi connectivity index (χ4n) is 0.394. The van der Waals surface area contributed by atoms with Crippen molar-refractivity contribution in [3.63, 3.8) is 0 Å². The molecule has 2 nitrogen and oxygen atoms in total. The van der Waals surface area contributed by atoms with Crippen molar-refractivity contribution in [1.29, 1.82) is 0 Å². The minimum absolute atomic E-state index is 0.801. The first-order valence-corrected chi connectivity index (χ1v) is 3.72. The Hall–Kier alpha value is -0.0500. The van der Waals surface area contributed by atoms with Gasteiger partial charge in [-0.05, 0) is 6.92 Å². The maximum Gasteiger partial charge on any atom is 0.209 e. The molecule has 0 rings (SSSR count). The van der Waals surface area contributed by atoms with Crippen LogP contribution in [0.1, 0.15) is 6.92 Å². The Morgan fingerprint density at radius 3 is 2.50 bits per heavy atom. The molecule has 0 aliphatic rings. The van der Waals surface area contributed by atoms with Crippen molar-refractivity contribution < 1.29 is 4.79 Å². The number of rotatable bonds is 4. The number of hydrogen-bond acceptors (Lipinski definition) is 1. The molecule has 0 saturated carbocycles. The zero-order valence-corrected chi connectivity index (χ0v) is 6.52. The molecule has 0 unspecified atom stereocenters. The molecule has 0 bridgehead atoms. The van der Waals surface area contributed by atoms with E-state index in [0.717, 1.165) is 24.8 Å². The topological polar surface area (TPSA) is 20.3 Å². The van der Waals surface area contributed by atoms with Crippen molar-refractivity contribution in [3.8, 4) is 0 Å². The van der Waals surface area contributed by atoms with Gasteiger partial charge in [-0.25, -0.2) is 0 Å². The van der Waals surface area contributed by atoms with E-state index in [-0.39, 0.29) is 0 Å². The third-order valence-electron chi connectivity index (χ3n) is 0.927. The third-order valence-corrected chi connectivity index (χ3v) is 1.28. The van der Waals surface area contributed by atoms with E-state index in [0.29, 0.717) is 0 Å². The molecule has 0 saturated heterocycles. The normalized spacial score (nSPS) is 8.75. The van der Waals surface area contributed by atoms with Crippen molar-refractivity contribution in [2.45, 2.75) is 6.92 Å². The molecule has 48 valence electrons. The van der Waals surface area contributed by atoms with E-state index in [2.05, 4.69) is 15.9 Å². The van der Waals surface area contributed by atoms with E-state index in [9.17, 15) is 4.79 Å². The van der Waals surface area contributed by atoms with Gasteiger partial charge in [0.15, 0.2) is 0 Å². The van der Waals surface area contributed by atoms with Crippen molar-refractivity contribution in [1.82, 2.24) is 4.90 Å². The first-order chi connectivity index (χ1) is 3.85. The Kier molecular flexibility index (Phi) is 5.06. The van der Waals surface area contributed by atoms with Gasteiger partial charge in [0.2, 0.25) is 6.41 Å². The highest BCUT2D eigenvalue weighted by Crippen LogP contribution is 1.84. The molecule has 0 aromatic carbocycles. The van der Waals surface area contributed by atoms with Crippen molar-refractivity contribution in [3.05, 3.63) is 0 Å². The molecule has 1 amide bonds. The molecule has 0 heterocycles. The van der Waals surface area contributed by atoms with Gasteiger partial charge in [0, 0.05) is 18.4 Å². The molecular formula is C5H10BrNO. The second-order valence-corrected chi connectivity index (χ2v) is 2.22. The number of carbonyl (C=O) groups is 1. The quantitative estimate of drug-likeness (QED) is 0.464. The van der Waals surface area contributed by atoms with Crippen LogP contribution >= 0.6 is 15.9 Å². The highest BCUT2D eigenvalue weighted by atomic mass is 79.9. The summed E-state index contributed by atoms with van der Waals surface area (Å²) in [5, 5.41) is 0.861. The smallest absolute Gasteiger partial charge is 0.209 e. The maximum atomic E-state index is 10.0. The first-order valence-electron chi connectivity index (χ1n) is 2.60. The van der Waals surface area contributed by atoms with E-state index < -0.39 is 0 Å². The Bertz CT molecular complexity index is 67.4. The molecule has 0 aliphatic heterocycles. The van der Waals surface area contributed by atoms with Gasteiger partial charge in [-0.15, -0.1) is 0 Å². The molecule has 3 heteroatoms. The molecule has 0 aromatic heterocycles. The maximum absolute atomic E-state index is 10.0. The lowest BCUT2D eigenvalue weighted by atomic mass is 10.6. The predicted molar refractivity (Wildman–Crippen MR) is 37.1 cm³/mol. The largest absolute Gasteiger partial charge is 0.345 e. The summed E-state index contributed by atoms with van der Waals surface area (Å²) < 4.78 is 0. The molecule has 0 radical (unpaired) electrons. The third kappa shape index (κ3) is 3.02. The minimum Gasteiger partial charge on any atom is -0.345 e. The number of carbonyl (C=O) groups excluding carboxylic acids is 1. The summed E-state index contributed by atoms with van der Waals surface area (Å²) in [6.07, 6.45) is 0.862. The monoisotopic (exact) mass is 179 g/mol. The first kappa shape index (κ1) is 7.95. The number of amides is 1. The molecule has 0 aliphatic carbocycles. The highest BCUT2D eigenvalue weighted by Gasteiger charge is 1.92. The van der Waals surface area contributed by atoms with Crippen LogP contribution in [0, 0.1) is 0 Å². The lowest BCUT2D eigenvalue weighted by Gasteiger charge is -2.10. The van der Waals surface area contributed by atoms with Gasteiger partial charge in [-0.1, -0.05) is 15.9 Å². The molecule has 0 N–H and O–H groups in total. The van der Waals surface area contributed by atoms with Crippen LogP contribution < -0.4 is 0 Å². The Balaban J connectivity index is 3.21. The fourth-order valence-corrected chi connectivity index (χ4v) is 0.849. The lowest BCUT2D eigenvalue weighted by molar-refractivity contribution is -0.117. The van der Waals surface area contributed by atoms with Gasteiger partial charge in [-0.2, -0.15) is 0 Å². The van der Waals surface area contributed by atoms with Crippen molar-refractivity contribution in [2.75, 3.05) is 18.4 Å². The average molecular weight is 180 g/mol. The Morgan fingerprint density at radius 2 is 2.38 bits per heavy atom. The van der Waals surface area contributed by atoms with Gasteiger partial charge in [0.25, 0.3) is 0 Å². The van der Waals surface area contributed by atoms with Gasteiger partial charge >= 0.3 is 0 Å². The van der Waals surface area contributed by atoms with Crippen LogP contribution in [-0.2, 0) is 4.79 Å². The van der Waals surface area contributed by atoms with Crippen LogP contribution in [0.2, 0.25) is 0 Å². The van der Waals surface area contributed by atoms with Gasteiger partial charge in [-0.3, -0.25) is 4.79 Å². The number of hydrogen-bond donors (Lipinski definition) is 0. The second-order valence-electron chi connectivity index (χ2n) is 1.42. The fraction of sp³-hybridized carbons (Fsp3) is 0.800. The van der Waals surface area contributed by atoms with Crippen LogP contribution in [0.5, 0.6) is 0 Å². The molecular weight excluding hydrogens is 170 g/mol. The minimum atomic E-state index is 0.801. The Morgan fingerprint density at radius 1 is 1.75 bits per heavy atom. The molecule has 8 heavy (non-hydrogen) atoms. The summed E-state index contributed by atoms with van der Waals surface area (Å²) in [6.45, 7) is 3.56. The van der Waals surface area contributed by atoms with Crippen LogP contribution in [0.3, 0.4) is 0 Å². The van der Waals surface area contributed by atoms with Gasteiger partial charge in [0.05, 0.1) is 0 Å². The molecule has 0 spiro atoms.